The molecule has 0 aliphatic carbocycles. The fourth-order valence-electron chi connectivity index (χ4n) is 11.7. The molecule has 5 aromatic carbocycles. The van der Waals surface area contributed by atoms with Gasteiger partial charge in [-0.05, 0) is 114 Å². The third kappa shape index (κ3) is 32.4. The molecule has 37 nitrogen and oxygen atoms in total. The fraction of sp³-hybridized carbons (Fsp3) is 0.365. The van der Waals surface area contributed by atoms with E-state index in [0.29, 0.717) is 71.1 Å². The molecule has 0 aromatic heterocycles. The third-order valence-electron chi connectivity index (χ3n) is 18.2. The fourth-order valence-corrected chi connectivity index (χ4v) is 11.7. The van der Waals surface area contributed by atoms with Crippen molar-refractivity contribution in [2.45, 2.75) is 109 Å². The van der Waals surface area contributed by atoms with Gasteiger partial charge in [-0.2, -0.15) is 0 Å². The van der Waals surface area contributed by atoms with Gasteiger partial charge in [-0.3, -0.25) is 24.0 Å². The smallest absolute Gasteiger partial charge is 0.337 e. The number of rotatable bonds is 30. The number of phenolic OH excluding ortho intramolecular Hbond substituents is 10. The molecule has 0 saturated carbocycles. The maximum Gasteiger partial charge on any atom is 0.337 e. The second-order valence-electron chi connectivity index (χ2n) is 26.4. The number of ether oxygens (including phenoxy) is 12. The summed E-state index contributed by atoms with van der Waals surface area (Å²) >= 11 is 0. The topological polar surface area (TPSA) is 591 Å². The van der Waals surface area contributed by atoms with Gasteiger partial charge in [0.1, 0.15) is 0 Å². The van der Waals surface area contributed by atoms with Gasteiger partial charge < -0.3 is 144 Å². The van der Waals surface area contributed by atoms with Crippen LogP contribution in [-0.2, 0) is 127 Å². The van der Waals surface area contributed by atoms with Crippen molar-refractivity contribution in [3.8, 4) is 57.5 Å². The van der Waals surface area contributed by atoms with E-state index in [4.69, 9.17) is 67.4 Å². The lowest BCUT2D eigenvalue weighted by Gasteiger charge is -2.28. The van der Waals surface area contributed by atoms with Gasteiger partial charge in [0.15, 0.2) is 63.6 Å². The van der Waals surface area contributed by atoms with Crippen LogP contribution in [0.3, 0.4) is 0 Å². The summed E-state index contributed by atoms with van der Waals surface area (Å²) in [7, 11) is 3.53. The van der Waals surface area contributed by atoms with E-state index in [9.17, 15) is 110 Å². The number of hydrogen-bond donors (Lipinski definition) is 17. The summed E-state index contributed by atoms with van der Waals surface area (Å²) in [5.41, 5.74) is 5.31. The maximum atomic E-state index is 12.2. The van der Waals surface area contributed by atoms with Gasteiger partial charge in [0.2, 0.25) is 25.2 Å². The van der Waals surface area contributed by atoms with E-state index in [2.05, 4.69) is 4.74 Å². The average Bonchev–Trinajstić information content (AvgIpc) is 0.812. The molecule has 0 saturated heterocycles. The Morgan fingerprint density at radius 2 is 0.639 bits per heavy atom. The molecule has 0 spiro atoms. The van der Waals surface area contributed by atoms with Gasteiger partial charge in [0.25, 0.3) is 0 Å². The molecule has 0 amide bonds. The van der Waals surface area contributed by atoms with Crippen molar-refractivity contribution >= 4 is 47.8 Å². The Morgan fingerprint density at radius 1 is 0.369 bits per heavy atom. The van der Waals surface area contributed by atoms with Crippen LogP contribution >= 0.6 is 0 Å². The van der Waals surface area contributed by atoms with Crippen LogP contribution in [0.15, 0.2) is 186 Å². The highest BCUT2D eigenvalue weighted by molar-refractivity contribution is 5.91. The maximum absolute atomic E-state index is 12.2. The molecule has 9 rings (SSSR count). The highest BCUT2D eigenvalue weighted by Gasteiger charge is 2.38. The van der Waals surface area contributed by atoms with E-state index in [1.807, 2.05) is 0 Å². The van der Waals surface area contributed by atoms with Crippen molar-refractivity contribution in [1.82, 2.24) is 0 Å². The number of esters is 8. The van der Waals surface area contributed by atoms with E-state index in [0.717, 1.165) is 30.8 Å². The van der Waals surface area contributed by atoms with Gasteiger partial charge in [0.05, 0.1) is 136 Å². The summed E-state index contributed by atoms with van der Waals surface area (Å²) < 4.78 is 59.0. The Labute approximate surface area is 698 Å². The Morgan fingerprint density at radius 3 is 0.893 bits per heavy atom. The normalized spacial score (nSPS) is 19.5. The minimum absolute atomic E-state index is 0.0174. The monoisotopic (exact) mass is 1710 g/mol. The lowest BCUT2D eigenvalue weighted by Crippen LogP contribution is -2.31. The molecule has 5 aromatic rings. The van der Waals surface area contributed by atoms with Gasteiger partial charge in [-0.1, -0.05) is 54.6 Å². The van der Waals surface area contributed by atoms with Gasteiger partial charge in [-0.25, -0.2) is 14.4 Å². The molecular weight excluding hydrogens is 1610 g/mol. The number of benzene rings is 5. The summed E-state index contributed by atoms with van der Waals surface area (Å²) in [5, 5.41) is 160. The second-order valence-corrected chi connectivity index (χ2v) is 26.4. The molecule has 37 heteroatoms. The molecule has 9 atom stereocenters. The van der Waals surface area contributed by atoms with Crippen LogP contribution < -0.4 is 0 Å². The molecule has 0 radical (unpaired) electrons. The Hall–Kier alpha value is -13.3. The molecule has 17 N–H and O–H groups in total. The number of aliphatic hydroxyl groups is 7. The molecule has 4 aliphatic heterocycles. The summed E-state index contributed by atoms with van der Waals surface area (Å²) in [6, 6.07) is 21.7. The summed E-state index contributed by atoms with van der Waals surface area (Å²) in [5.74, 6) is -9.48. The number of aromatic hydroxyl groups is 10. The standard InChI is InChI=1S/2C19H22O8.2C17H20O7.C13H16O7/c2*1-3-12-13(14(18(23)25-2)10-27-19(12)24)9-17(22)26-7-6-11-4-5-15(20)16(21)8-11;2*18-6-3-13-12(5-8-24-17(13)22)10-16(21)23-7-4-11-1-2-14(19)15(20)9-11;1-19-13(18)11(16)7-12(17)20-5-4-8-2-3-9(14)10(15)6-8/h2*3-5,8,10,13,19-21,24H,6-7,9H2,1-2H3;2*1-3,5,8-9,12,17-20,22H,4,6-7,10H2;2-3,6,11,14-16H,4-5,7H2,1H3/b2*12-3-;2*13-3-;/t13-,19+;13-,19-;12-,17+;12-,17-;11-/m10111/s1. The molecular formula is C85H100O37. The first kappa shape index (κ1) is 99.3. The van der Waals surface area contributed by atoms with Crippen molar-refractivity contribution in [2.75, 3.05) is 67.6 Å². The van der Waals surface area contributed by atoms with Crippen molar-refractivity contribution in [2.24, 2.45) is 23.7 Å². The minimum Gasteiger partial charge on any atom is -0.504 e. The highest BCUT2D eigenvalue weighted by atomic mass is 16.6. The van der Waals surface area contributed by atoms with Gasteiger partial charge in [0, 0.05) is 78.1 Å². The van der Waals surface area contributed by atoms with Gasteiger partial charge >= 0.3 is 47.8 Å². The molecule has 0 fully saturated rings. The quantitative estimate of drug-likeness (QED) is 0.0123. The van der Waals surface area contributed by atoms with E-state index in [1.54, 1.807) is 68.5 Å². The van der Waals surface area contributed by atoms with Crippen molar-refractivity contribution in [3.63, 3.8) is 0 Å². The van der Waals surface area contributed by atoms with Crippen molar-refractivity contribution < 1.29 is 182 Å². The highest BCUT2D eigenvalue weighted by Crippen LogP contribution is 2.37. The summed E-state index contributed by atoms with van der Waals surface area (Å²) in [6.07, 6.45) is 8.67. The number of carbonyl (C=O) groups is 8. The number of carbonyl (C=O) groups excluding carboxylic acids is 8. The molecule has 4 heterocycles. The second kappa shape index (κ2) is 51.2. The van der Waals surface area contributed by atoms with E-state index >= 15 is 0 Å². The Kier molecular flexibility index (Phi) is 41.7. The molecule has 122 heavy (non-hydrogen) atoms. The van der Waals surface area contributed by atoms with Crippen LogP contribution in [0.5, 0.6) is 57.5 Å². The zero-order valence-electron chi connectivity index (χ0n) is 66.9. The number of phenols is 10. The third-order valence-corrected chi connectivity index (χ3v) is 18.2. The largest absolute Gasteiger partial charge is 0.504 e. The minimum atomic E-state index is -1.54. The summed E-state index contributed by atoms with van der Waals surface area (Å²) in [4.78, 5) is 94.3. The van der Waals surface area contributed by atoms with E-state index in [-0.39, 0.29) is 141 Å². The lowest BCUT2D eigenvalue weighted by molar-refractivity contribution is -0.157. The lowest BCUT2D eigenvalue weighted by atomic mass is 9.86. The number of allylic oxidation sites excluding steroid dienone is 4. The predicted molar refractivity (Wildman–Crippen MR) is 422 cm³/mol. The zero-order chi connectivity index (χ0) is 90.1. The average molecular weight is 1710 g/mol. The van der Waals surface area contributed by atoms with Crippen LogP contribution in [0.2, 0.25) is 0 Å². The number of hydrogen-bond acceptors (Lipinski definition) is 37. The van der Waals surface area contributed by atoms with E-state index < -0.39 is 109 Å². The van der Waals surface area contributed by atoms with Crippen LogP contribution in [0.25, 0.3) is 0 Å². The Balaban J connectivity index is 0.000000272. The van der Waals surface area contributed by atoms with Gasteiger partial charge in [-0.15, -0.1) is 0 Å². The van der Waals surface area contributed by atoms with Crippen LogP contribution in [-0.4, -0.2) is 233 Å². The van der Waals surface area contributed by atoms with Crippen LogP contribution in [0.1, 0.15) is 73.8 Å². The van der Waals surface area contributed by atoms with Crippen molar-refractivity contribution in [1.29, 1.82) is 0 Å². The Bertz CT molecular complexity index is 4360. The first-order valence-corrected chi connectivity index (χ1v) is 37.5. The predicted octanol–water partition coefficient (Wildman–Crippen LogP) is 5.13. The molecule has 4 aliphatic rings. The first-order chi connectivity index (χ1) is 58.2. The number of aliphatic hydroxyl groups excluding tert-OH is 7. The van der Waals surface area contributed by atoms with Crippen LogP contribution in [0.4, 0.5) is 0 Å². The van der Waals surface area contributed by atoms with Crippen molar-refractivity contribution in [3.05, 3.63) is 214 Å². The molecule has 662 valence electrons. The number of methoxy groups -OCH3 is 3. The SMILES string of the molecule is C/C=C1/[C@H](CC(=O)OCCc2ccc(O)c(O)c2)C(C(=O)OC)=CO[C@@H]1O.C/C=C1\[C@@H](O)OC=C(C(=O)OC)[C@@H]1CC(=O)OCCc1ccc(O)c(O)c1.COC(=O)[C@H](O)CC(=O)OCCc1ccc(O)c(O)c1.O=C(C[C@H]1C=CO[C@@H](O)/C1=C\CO)OCCc1ccc(O)c(O)c1.O=C(C[C@H]1C=CO[C@H](O)/C1=C\CO)OCCc1ccc(O)c(O)c1. The zero-order valence-corrected chi connectivity index (χ0v) is 66.9. The molecule has 0 bridgehead atoms. The van der Waals surface area contributed by atoms with Crippen LogP contribution in [0, 0.1) is 23.7 Å². The molecule has 0 unspecified atom stereocenters. The first-order valence-electron chi connectivity index (χ1n) is 37.5. The summed E-state index contributed by atoms with van der Waals surface area (Å²) in [6.45, 7) is 3.18. The van der Waals surface area contributed by atoms with E-state index in [1.165, 1.54) is 99.6 Å².